The quantitative estimate of drug-likeness (QED) is 0.623. The minimum Gasteiger partial charge on any atom is -0.356 e. The molecule has 0 aromatic heterocycles. The molecule has 0 saturated carbocycles. The summed E-state index contributed by atoms with van der Waals surface area (Å²) in [5.41, 5.74) is 0. The van der Waals surface area contributed by atoms with Crippen molar-refractivity contribution in [3.63, 3.8) is 0 Å². The summed E-state index contributed by atoms with van der Waals surface area (Å²) in [6.45, 7) is 4.99. The van der Waals surface area contributed by atoms with Crippen molar-refractivity contribution < 1.29 is 13.2 Å². The van der Waals surface area contributed by atoms with Crippen LogP contribution in [0, 0.1) is 5.92 Å². The molecular formula is C17H27ClN2O3S. The van der Waals surface area contributed by atoms with E-state index >= 15 is 0 Å². The van der Waals surface area contributed by atoms with Crippen LogP contribution in [-0.4, -0.2) is 27.4 Å². The standard InChI is InChI=1S/C17H27ClN2O3S/c1-3-5-6-14(4-2)13-19-17(21)11-12-20-24(22,23)16-9-7-15(18)8-10-16/h7-10,14,20H,3-6,11-13H2,1-2H3,(H,19,21). The van der Waals surface area contributed by atoms with E-state index in [0.29, 0.717) is 17.5 Å². The van der Waals surface area contributed by atoms with Gasteiger partial charge in [-0.25, -0.2) is 13.1 Å². The Morgan fingerprint density at radius 3 is 2.46 bits per heavy atom. The Hall–Kier alpha value is -1.11. The van der Waals surface area contributed by atoms with Gasteiger partial charge in [0.2, 0.25) is 15.9 Å². The molecule has 1 unspecified atom stereocenters. The topological polar surface area (TPSA) is 75.3 Å². The Labute approximate surface area is 150 Å². The predicted molar refractivity (Wildman–Crippen MR) is 97.6 cm³/mol. The molecule has 0 spiro atoms. The van der Waals surface area contributed by atoms with Gasteiger partial charge in [-0.1, -0.05) is 44.7 Å². The van der Waals surface area contributed by atoms with E-state index in [0.717, 1.165) is 25.7 Å². The second-order valence-electron chi connectivity index (χ2n) is 5.82. The van der Waals surface area contributed by atoms with Crippen LogP contribution in [0.4, 0.5) is 0 Å². The molecule has 1 rings (SSSR count). The molecule has 0 aliphatic carbocycles. The zero-order chi connectivity index (χ0) is 18.0. The fraction of sp³-hybridized carbons (Fsp3) is 0.588. The molecule has 7 heteroatoms. The van der Waals surface area contributed by atoms with E-state index in [1.807, 2.05) is 0 Å². The summed E-state index contributed by atoms with van der Waals surface area (Å²) in [6, 6.07) is 5.91. The van der Waals surface area contributed by atoms with Crippen molar-refractivity contribution in [2.24, 2.45) is 5.92 Å². The Morgan fingerprint density at radius 2 is 1.88 bits per heavy atom. The maximum atomic E-state index is 12.1. The number of rotatable bonds is 11. The van der Waals surface area contributed by atoms with Gasteiger partial charge in [-0.3, -0.25) is 4.79 Å². The lowest BCUT2D eigenvalue weighted by Gasteiger charge is -2.15. The van der Waals surface area contributed by atoms with E-state index in [9.17, 15) is 13.2 Å². The maximum Gasteiger partial charge on any atom is 0.240 e. The van der Waals surface area contributed by atoms with Gasteiger partial charge >= 0.3 is 0 Å². The molecule has 0 heterocycles. The highest BCUT2D eigenvalue weighted by Crippen LogP contribution is 2.14. The Bertz CT molecular complexity index is 603. The number of benzene rings is 1. The van der Waals surface area contributed by atoms with Gasteiger partial charge in [0.05, 0.1) is 4.90 Å². The van der Waals surface area contributed by atoms with Crippen LogP contribution >= 0.6 is 11.6 Å². The van der Waals surface area contributed by atoms with Crippen molar-refractivity contribution in [1.29, 1.82) is 0 Å². The van der Waals surface area contributed by atoms with Crippen LogP contribution < -0.4 is 10.0 Å². The number of hydrogen-bond acceptors (Lipinski definition) is 3. The van der Waals surface area contributed by atoms with Crippen LogP contribution in [0.3, 0.4) is 0 Å². The smallest absolute Gasteiger partial charge is 0.240 e. The summed E-state index contributed by atoms with van der Waals surface area (Å²) >= 11 is 5.74. The Kier molecular flexibility index (Phi) is 9.33. The van der Waals surface area contributed by atoms with Gasteiger partial charge in [-0.2, -0.15) is 0 Å². The van der Waals surface area contributed by atoms with Crippen LogP contribution in [0.25, 0.3) is 0 Å². The second-order valence-corrected chi connectivity index (χ2v) is 8.03. The van der Waals surface area contributed by atoms with Crippen molar-refractivity contribution >= 4 is 27.5 Å². The average molecular weight is 375 g/mol. The third-order valence-corrected chi connectivity index (χ3v) is 5.63. The van der Waals surface area contributed by atoms with E-state index < -0.39 is 10.0 Å². The van der Waals surface area contributed by atoms with Crippen molar-refractivity contribution in [3.8, 4) is 0 Å². The van der Waals surface area contributed by atoms with Crippen LogP contribution in [0.1, 0.15) is 46.0 Å². The summed E-state index contributed by atoms with van der Waals surface area (Å²) < 4.78 is 26.6. The van der Waals surface area contributed by atoms with Crippen LogP contribution in [-0.2, 0) is 14.8 Å². The zero-order valence-corrected chi connectivity index (χ0v) is 15.9. The first kappa shape index (κ1) is 20.9. The molecule has 5 nitrogen and oxygen atoms in total. The molecule has 1 aromatic carbocycles. The first-order chi connectivity index (χ1) is 11.4. The molecular weight excluding hydrogens is 348 g/mol. The van der Waals surface area contributed by atoms with Crippen molar-refractivity contribution in [1.82, 2.24) is 10.0 Å². The molecule has 2 N–H and O–H groups in total. The van der Waals surface area contributed by atoms with Crippen molar-refractivity contribution in [3.05, 3.63) is 29.3 Å². The molecule has 136 valence electrons. The third-order valence-electron chi connectivity index (χ3n) is 3.90. The molecule has 1 amide bonds. The molecule has 0 aliphatic rings. The number of hydrogen-bond donors (Lipinski definition) is 2. The average Bonchev–Trinajstić information content (AvgIpc) is 2.55. The summed E-state index contributed by atoms with van der Waals surface area (Å²) in [7, 11) is -3.61. The lowest BCUT2D eigenvalue weighted by molar-refractivity contribution is -0.121. The monoisotopic (exact) mass is 374 g/mol. The molecule has 24 heavy (non-hydrogen) atoms. The van der Waals surface area contributed by atoms with E-state index in [1.54, 1.807) is 0 Å². The third kappa shape index (κ3) is 7.64. The van der Waals surface area contributed by atoms with E-state index in [1.165, 1.54) is 24.3 Å². The highest BCUT2D eigenvalue weighted by Gasteiger charge is 2.14. The highest BCUT2D eigenvalue weighted by molar-refractivity contribution is 7.89. The van der Waals surface area contributed by atoms with Gasteiger partial charge in [0.1, 0.15) is 0 Å². The lowest BCUT2D eigenvalue weighted by Crippen LogP contribution is -2.33. The number of amides is 1. The molecule has 0 fully saturated rings. The van der Waals surface area contributed by atoms with Gasteiger partial charge < -0.3 is 5.32 Å². The normalized spacial score (nSPS) is 12.8. The minimum absolute atomic E-state index is 0.0720. The largest absolute Gasteiger partial charge is 0.356 e. The van der Waals surface area contributed by atoms with Gasteiger partial charge in [-0.05, 0) is 36.6 Å². The number of carbonyl (C=O) groups is 1. The summed E-state index contributed by atoms with van der Waals surface area (Å²) in [5.74, 6) is 0.350. The first-order valence-corrected chi connectivity index (χ1v) is 10.3. The van der Waals surface area contributed by atoms with Gasteiger partial charge in [-0.15, -0.1) is 0 Å². The number of halogens is 1. The number of carbonyl (C=O) groups excluding carboxylic acids is 1. The van der Waals surface area contributed by atoms with Gasteiger partial charge in [0, 0.05) is 24.5 Å². The summed E-state index contributed by atoms with van der Waals surface area (Å²) in [6.07, 6.45) is 4.57. The number of unbranched alkanes of at least 4 members (excludes halogenated alkanes) is 1. The highest BCUT2D eigenvalue weighted by atomic mass is 35.5. The van der Waals surface area contributed by atoms with Crippen LogP contribution in [0.5, 0.6) is 0 Å². The lowest BCUT2D eigenvalue weighted by atomic mass is 9.99. The first-order valence-electron chi connectivity index (χ1n) is 8.41. The number of nitrogens with one attached hydrogen (secondary N) is 2. The second kappa shape index (κ2) is 10.7. The predicted octanol–water partition coefficient (Wildman–Crippen LogP) is 3.34. The zero-order valence-electron chi connectivity index (χ0n) is 14.3. The molecule has 0 bridgehead atoms. The van der Waals surface area contributed by atoms with Crippen LogP contribution in [0.15, 0.2) is 29.2 Å². The van der Waals surface area contributed by atoms with Gasteiger partial charge in [0.15, 0.2) is 0 Å². The summed E-state index contributed by atoms with van der Waals surface area (Å²) in [5, 5.41) is 3.36. The molecule has 0 radical (unpaired) electrons. The molecule has 0 aliphatic heterocycles. The van der Waals surface area contributed by atoms with E-state index in [2.05, 4.69) is 23.9 Å². The SMILES string of the molecule is CCCCC(CC)CNC(=O)CCNS(=O)(=O)c1ccc(Cl)cc1. The fourth-order valence-corrected chi connectivity index (χ4v) is 3.44. The van der Waals surface area contributed by atoms with E-state index in [4.69, 9.17) is 11.6 Å². The number of sulfonamides is 1. The van der Waals surface area contributed by atoms with Crippen molar-refractivity contribution in [2.45, 2.75) is 50.8 Å². The van der Waals surface area contributed by atoms with Crippen LogP contribution in [0.2, 0.25) is 5.02 Å². The fourth-order valence-electron chi connectivity index (χ4n) is 2.29. The van der Waals surface area contributed by atoms with Gasteiger partial charge in [0.25, 0.3) is 0 Å². The molecule has 1 atom stereocenters. The van der Waals surface area contributed by atoms with Crippen molar-refractivity contribution in [2.75, 3.05) is 13.1 Å². The Morgan fingerprint density at radius 1 is 1.21 bits per heavy atom. The Balaban J connectivity index is 2.35. The minimum atomic E-state index is -3.61. The molecule has 0 saturated heterocycles. The summed E-state index contributed by atoms with van der Waals surface area (Å²) in [4.78, 5) is 12.0. The van der Waals surface area contributed by atoms with E-state index in [-0.39, 0.29) is 23.8 Å². The maximum absolute atomic E-state index is 12.1. The molecule has 1 aromatic rings.